The van der Waals surface area contributed by atoms with E-state index in [2.05, 4.69) is 35.9 Å². The van der Waals surface area contributed by atoms with Gasteiger partial charge >= 0.3 is 0 Å². The fraction of sp³-hybridized carbons (Fsp3) is 0.583. The van der Waals surface area contributed by atoms with E-state index in [1.807, 2.05) is 6.20 Å². The van der Waals surface area contributed by atoms with Gasteiger partial charge in [-0.05, 0) is 30.9 Å². The van der Waals surface area contributed by atoms with E-state index < -0.39 is 0 Å². The largest absolute Gasteiger partial charge is 0.352 e. The monoisotopic (exact) mass is 205 g/mol. The first-order valence-corrected chi connectivity index (χ1v) is 5.61. The average Bonchev–Trinajstić information content (AvgIpc) is 2.61. The van der Waals surface area contributed by atoms with Gasteiger partial charge in [-0.2, -0.15) is 0 Å². The van der Waals surface area contributed by atoms with Gasteiger partial charge in [-0.3, -0.25) is 0 Å². The molecule has 0 radical (unpaired) electrons. The number of hydrogen-bond donors (Lipinski definition) is 1. The first kappa shape index (κ1) is 10.4. The van der Waals surface area contributed by atoms with Crippen LogP contribution in [0.15, 0.2) is 18.3 Å². The highest BCUT2D eigenvalue weighted by atomic mass is 15.2. The lowest BCUT2D eigenvalue weighted by Crippen LogP contribution is -2.38. The Bertz CT molecular complexity index is 320. The zero-order valence-electron chi connectivity index (χ0n) is 9.48. The predicted octanol–water partition coefficient (Wildman–Crippen LogP) is 1.56. The third-order valence-corrected chi connectivity index (χ3v) is 3.31. The lowest BCUT2D eigenvalue weighted by Gasteiger charge is -2.26. The van der Waals surface area contributed by atoms with Crippen LogP contribution in [0.1, 0.15) is 18.9 Å². The Kier molecular flexibility index (Phi) is 2.91. The molecular formula is C12H19N3. The van der Waals surface area contributed by atoms with E-state index in [4.69, 9.17) is 5.73 Å². The molecule has 0 aliphatic carbocycles. The minimum Gasteiger partial charge on any atom is -0.352 e. The number of anilines is 1. The number of pyridine rings is 1. The number of hydrogen-bond acceptors (Lipinski definition) is 3. The third-order valence-electron chi connectivity index (χ3n) is 3.31. The zero-order valence-corrected chi connectivity index (χ0v) is 9.48. The summed E-state index contributed by atoms with van der Waals surface area (Å²) in [5.74, 6) is 1.75. The number of nitrogens with two attached hydrogens (primary N) is 1. The van der Waals surface area contributed by atoms with Crippen LogP contribution in [-0.4, -0.2) is 24.1 Å². The Morgan fingerprint density at radius 1 is 1.53 bits per heavy atom. The molecule has 1 aromatic rings. The van der Waals surface area contributed by atoms with Crippen molar-refractivity contribution >= 4 is 5.82 Å². The van der Waals surface area contributed by atoms with Gasteiger partial charge in [-0.25, -0.2) is 4.98 Å². The van der Waals surface area contributed by atoms with E-state index in [1.165, 1.54) is 12.0 Å². The van der Waals surface area contributed by atoms with E-state index in [-0.39, 0.29) is 0 Å². The lowest BCUT2D eigenvalue weighted by molar-refractivity contribution is 0.517. The minimum absolute atomic E-state index is 0.459. The number of nitrogens with zero attached hydrogens (tertiary/aromatic N) is 2. The second kappa shape index (κ2) is 4.19. The van der Waals surface area contributed by atoms with Gasteiger partial charge in [0, 0.05) is 25.3 Å². The van der Waals surface area contributed by atoms with Crippen LogP contribution in [0.2, 0.25) is 0 Å². The third kappa shape index (κ3) is 1.97. The Labute approximate surface area is 91.3 Å². The Hall–Kier alpha value is -1.09. The summed E-state index contributed by atoms with van der Waals surface area (Å²) in [5, 5.41) is 0. The number of rotatable bonds is 2. The van der Waals surface area contributed by atoms with Crippen molar-refractivity contribution < 1.29 is 0 Å². The second-order valence-corrected chi connectivity index (χ2v) is 4.46. The van der Waals surface area contributed by atoms with E-state index in [9.17, 15) is 0 Å². The summed E-state index contributed by atoms with van der Waals surface area (Å²) in [6.07, 6.45) is 3.14. The minimum atomic E-state index is 0.459. The van der Waals surface area contributed by atoms with E-state index in [1.54, 1.807) is 0 Å². The van der Waals surface area contributed by atoms with Crippen LogP contribution in [0, 0.1) is 12.8 Å². The van der Waals surface area contributed by atoms with Crippen LogP contribution in [0.25, 0.3) is 0 Å². The molecule has 82 valence electrons. The highest BCUT2D eigenvalue weighted by Gasteiger charge is 2.30. The molecule has 0 bridgehead atoms. The molecule has 15 heavy (non-hydrogen) atoms. The van der Waals surface area contributed by atoms with Crippen LogP contribution in [-0.2, 0) is 0 Å². The van der Waals surface area contributed by atoms with Gasteiger partial charge in [0.15, 0.2) is 0 Å². The fourth-order valence-corrected chi connectivity index (χ4v) is 2.28. The standard InChI is InChI=1S/C12H19N3/c1-9-3-4-12(14-8-9)15-6-5-10(2)11(15)7-13/h3-4,8,10-11H,5-7,13H2,1-2H3. The summed E-state index contributed by atoms with van der Waals surface area (Å²) in [4.78, 5) is 6.80. The van der Waals surface area contributed by atoms with Crippen LogP contribution >= 0.6 is 0 Å². The zero-order chi connectivity index (χ0) is 10.8. The van der Waals surface area contributed by atoms with Gasteiger partial charge in [-0.1, -0.05) is 13.0 Å². The van der Waals surface area contributed by atoms with Crippen molar-refractivity contribution in [3.63, 3.8) is 0 Å². The second-order valence-electron chi connectivity index (χ2n) is 4.46. The quantitative estimate of drug-likeness (QED) is 0.796. The highest BCUT2D eigenvalue weighted by Crippen LogP contribution is 2.27. The van der Waals surface area contributed by atoms with Gasteiger partial charge in [0.1, 0.15) is 5.82 Å². The fourth-order valence-electron chi connectivity index (χ4n) is 2.28. The average molecular weight is 205 g/mol. The first-order valence-electron chi connectivity index (χ1n) is 5.61. The molecule has 3 heteroatoms. The van der Waals surface area contributed by atoms with E-state index >= 15 is 0 Å². The summed E-state index contributed by atoms with van der Waals surface area (Å²) in [5.41, 5.74) is 7.02. The molecule has 1 aliphatic heterocycles. The van der Waals surface area contributed by atoms with Gasteiger partial charge in [-0.15, -0.1) is 0 Å². The summed E-state index contributed by atoms with van der Waals surface area (Å²) >= 11 is 0. The summed E-state index contributed by atoms with van der Waals surface area (Å²) < 4.78 is 0. The van der Waals surface area contributed by atoms with Gasteiger partial charge < -0.3 is 10.6 Å². The van der Waals surface area contributed by atoms with Crippen LogP contribution < -0.4 is 10.6 Å². The molecule has 2 N–H and O–H groups in total. The molecule has 2 unspecified atom stereocenters. The smallest absolute Gasteiger partial charge is 0.128 e. The highest BCUT2D eigenvalue weighted by molar-refractivity contribution is 5.42. The van der Waals surface area contributed by atoms with Crippen molar-refractivity contribution in [2.45, 2.75) is 26.3 Å². The molecule has 1 aliphatic rings. The van der Waals surface area contributed by atoms with Crippen LogP contribution in [0.5, 0.6) is 0 Å². The SMILES string of the molecule is Cc1ccc(N2CCC(C)C2CN)nc1. The first-order chi connectivity index (χ1) is 7.22. The van der Waals surface area contributed by atoms with Crippen molar-refractivity contribution in [2.24, 2.45) is 11.7 Å². The van der Waals surface area contributed by atoms with Gasteiger partial charge in [0.25, 0.3) is 0 Å². The molecule has 1 saturated heterocycles. The molecule has 2 heterocycles. The number of aryl methyl sites for hydroxylation is 1. The molecule has 0 aromatic carbocycles. The normalized spacial score (nSPS) is 25.9. The number of aromatic nitrogens is 1. The van der Waals surface area contributed by atoms with Crippen molar-refractivity contribution in [2.75, 3.05) is 18.0 Å². The molecule has 0 spiro atoms. The summed E-state index contributed by atoms with van der Waals surface area (Å²) in [7, 11) is 0. The topological polar surface area (TPSA) is 42.1 Å². The molecular weight excluding hydrogens is 186 g/mol. The van der Waals surface area contributed by atoms with Crippen LogP contribution in [0.3, 0.4) is 0 Å². The maximum absolute atomic E-state index is 5.81. The molecule has 0 amide bonds. The summed E-state index contributed by atoms with van der Waals surface area (Å²) in [6, 6.07) is 4.66. The summed E-state index contributed by atoms with van der Waals surface area (Å²) in [6.45, 7) is 6.13. The molecule has 0 saturated carbocycles. The van der Waals surface area contributed by atoms with Gasteiger partial charge in [0.2, 0.25) is 0 Å². The maximum Gasteiger partial charge on any atom is 0.128 e. The Morgan fingerprint density at radius 2 is 2.33 bits per heavy atom. The molecule has 2 rings (SSSR count). The molecule has 3 nitrogen and oxygen atoms in total. The molecule has 1 fully saturated rings. The molecule has 2 atom stereocenters. The maximum atomic E-state index is 5.81. The predicted molar refractivity (Wildman–Crippen MR) is 62.9 cm³/mol. The van der Waals surface area contributed by atoms with Crippen molar-refractivity contribution in [1.29, 1.82) is 0 Å². The molecule has 1 aromatic heterocycles. The van der Waals surface area contributed by atoms with E-state index in [0.717, 1.165) is 18.9 Å². The van der Waals surface area contributed by atoms with Crippen molar-refractivity contribution in [1.82, 2.24) is 4.98 Å². The van der Waals surface area contributed by atoms with Crippen molar-refractivity contribution in [3.05, 3.63) is 23.9 Å². The van der Waals surface area contributed by atoms with Gasteiger partial charge in [0.05, 0.1) is 0 Å². The van der Waals surface area contributed by atoms with E-state index in [0.29, 0.717) is 12.0 Å². The Morgan fingerprint density at radius 3 is 2.93 bits per heavy atom. The lowest BCUT2D eigenvalue weighted by atomic mass is 10.0. The van der Waals surface area contributed by atoms with Crippen molar-refractivity contribution in [3.8, 4) is 0 Å². The van der Waals surface area contributed by atoms with Crippen LogP contribution in [0.4, 0.5) is 5.82 Å². The Balaban J connectivity index is 2.20.